The number of amides is 1. The standard InChI is InChI=1S/C18H24N4OS/c1-13(24-18-20-19-12-21(18)2)15-7-4-6-14(10-15)11-17(23)22(3)16-8-5-9-16/h4,6-7,10,12-13,16H,5,8-9,11H2,1-3H3/t13-/m0/s1. The van der Waals surface area contributed by atoms with E-state index in [-0.39, 0.29) is 11.2 Å². The Morgan fingerprint density at radius 2 is 2.25 bits per heavy atom. The molecule has 1 aromatic carbocycles. The summed E-state index contributed by atoms with van der Waals surface area (Å²) >= 11 is 1.68. The van der Waals surface area contributed by atoms with Gasteiger partial charge in [0, 0.05) is 25.4 Å². The van der Waals surface area contributed by atoms with E-state index in [9.17, 15) is 4.79 Å². The van der Waals surface area contributed by atoms with Crippen LogP contribution >= 0.6 is 11.8 Å². The van der Waals surface area contributed by atoms with Gasteiger partial charge in [-0.25, -0.2) is 0 Å². The van der Waals surface area contributed by atoms with Gasteiger partial charge in [-0.05, 0) is 37.3 Å². The highest BCUT2D eigenvalue weighted by molar-refractivity contribution is 7.99. The fraction of sp³-hybridized carbons (Fsp3) is 0.500. The first-order valence-corrected chi connectivity index (χ1v) is 9.27. The Morgan fingerprint density at radius 3 is 2.88 bits per heavy atom. The van der Waals surface area contributed by atoms with Crippen molar-refractivity contribution in [2.24, 2.45) is 7.05 Å². The second-order valence-corrected chi connectivity index (χ2v) is 7.80. The number of aromatic nitrogens is 3. The number of benzene rings is 1. The van der Waals surface area contributed by atoms with Gasteiger partial charge in [-0.3, -0.25) is 4.79 Å². The van der Waals surface area contributed by atoms with Crippen LogP contribution in [0.25, 0.3) is 0 Å². The number of hydrogen-bond acceptors (Lipinski definition) is 4. The summed E-state index contributed by atoms with van der Waals surface area (Å²) in [5.41, 5.74) is 2.29. The molecule has 128 valence electrons. The third-order valence-corrected chi connectivity index (χ3v) is 5.95. The zero-order valence-corrected chi connectivity index (χ0v) is 15.3. The second-order valence-electron chi connectivity index (χ2n) is 6.50. The molecule has 6 heteroatoms. The third-order valence-electron chi connectivity index (χ3n) is 4.74. The Bertz CT molecular complexity index is 711. The predicted octanol–water partition coefficient (Wildman–Crippen LogP) is 3.22. The molecule has 0 N–H and O–H groups in total. The average Bonchev–Trinajstić information content (AvgIpc) is 2.91. The normalized spacial score (nSPS) is 15.8. The Hall–Kier alpha value is -1.82. The molecule has 1 saturated carbocycles. The second kappa shape index (κ2) is 7.38. The smallest absolute Gasteiger partial charge is 0.226 e. The van der Waals surface area contributed by atoms with Crippen LogP contribution in [0.3, 0.4) is 0 Å². The molecule has 3 rings (SSSR count). The molecular formula is C18H24N4OS. The number of thioether (sulfide) groups is 1. The summed E-state index contributed by atoms with van der Waals surface area (Å²) in [6.45, 7) is 2.15. The van der Waals surface area contributed by atoms with Crippen LogP contribution < -0.4 is 0 Å². The van der Waals surface area contributed by atoms with E-state index in [1.54, 1.807) is 18.1 Å². The van der Waals surface area contributed by atoms with Gasteiger partial charge in [-0.15, -0.1) is 10.2 Å². The maximum atomic E-state index is 12.4. The quantitative estimate of drug-likeness (QED) is 0.755. The van der Waals surface area contributed by atoms with Gasteiger partial charge in [0.2, 0.25) is 5.91 Å². The molecule has 2 aromatic rings. The van der Waals surface area contributed by atoms with Gasteiger partial charge < -0.3 is 9.47 Å². The number of likely N-dealkylation sites (N-methyl/N-ethyl adjacent to an activating group) is 1. The molecule has 24 heavy (non-hydrogen) atoms. The van der Waals surface area contributed by atoms with Crippen LogP contribution in [-0.4, -0.2) is 38.7 Å². The Kier molecular flexibility index (Phi) is 5.23. The summed E-state index contributed by atoms with van der Waals surface area (Å²) in [5, 5.41) is 9.20. The van der Waals surface area contributed by atoms with E-state index in [1.807, 2.05) is 35.7 Å². The first-order valence-electron chi connectivity index (χ1n) is 8.39. The van der Waals surface area contributed by atoms with E-state index in [1.165, 1.54) is 12.0 Å². The molecule has 1 aliphatic carbocycles. The lowest BCUT2D eigenvalue weighted by atomic mass is 9.91. The lowest BCUT2D eigenvalue weighted by Gasteiger charge is -2.34. The van der Waals surface area contributed by atoms with Gasteiger partial charge in [0.15, 0.2) is 5.16 Å². The summed E-state index contributed by atoms with van der Waals surface area (Å²) in [4.78, 5) is 14.4. The van der Waals surface area contributed by atoms with E-state index in [0.717, 1.165) is 23.6 Å². The molecule has 0 bridgehead atoms. The van der Waals surface area contributed by atoms with Crippen LogP contribution in [0.5, 0.6) is 0 Å². The monoisotopic (exact) mass is 344 g/mol. The minimum atomic E-state index is 0.213. The van der Waals surface area contributed by atoms with Crippen LogP contribution in [0.2, 0.25) is 0 Å². The Balaban J connectivity index is 1.65. The molecular weight excluding hydrogens is 320 g/mol. The van der Waals surface area contributed by atoms with Crippen molar-refractivity contribution in [2.75, 3.05) is 7.05 Å². The van der Waals surface area contributed by atoms with Crippen molar-refractivity contribution in [3.05, 3.63) is 41.7 Å². The lowest BCUT2D eigenvalue weighted by Crippen LogP contribution is -2.42. The summed E-state index contributed by atoms with van der Waals surface area (Å²) in [6.07, 6.45) is 5.72. The maximum absolute atomic E-state index is 12.4. The van der Waals surface area contributed by atoms with Gasteiger partial charge in [-0.1, -0.05) is 36.0 Å². The number of nitrogens with zero attached hydrogens (tertiary/aromatic N) is 4. The average molecular weight is 344 g/mol. The van der Waals surface area contributed by atoms with Crippen molar-refractivity contribution in [1.29, 1.82) is 0 Å². The zero-order valence-electron chi connectivity index (χ0n) is 14.5. The van der Waals surface area contributed by atoms with Crippen molar-refractivity contribution >= 4 is 17.7 Å². The molecule has 1 aliphatic rings. The highest BCUT2D eigenvalue weighted by atomic mass is 32.2. The van der Waals surface area contributed by atoms with Crippen LogP contribution in [0.1, 0.15) is 42.6 Å². The third kappa shape index (κ3) is 3.80. The van der Waals surface area contributed by atoms with E-state index in [0.29, 0.717) is 12.5 Å². The van der Waals surface area contributed by atoms with Gasteiger partial charge in [0.05, 0.1) is 6.42 Å². The molecule has 0 aliphatic heterocycles. The fourth-order valence-electron chi connectivity index (χ4n) is 2.84. The van der Waals surface area contributed by atoms with Gasteiger partial charge in [0.1, 0.15) is 6.33 Å². The minimum absolute atomic E-state index is 0.213. The number of carbonyl (C=O) groups excluding carboxylic acids is 1. The van der Waals surface area contributed by atoms with E-state index >= 15 is 0 Å². The first-order chi connectivity index (χ1) is 11.5. The summed E-state index contributed by atoms with van der Waals surface area (Å²) < 4.78 is 1.92. The summed E-state index contributed by atoms with van der Waals surface area (Å²) in [7, 11) is 3.88. The van der Waals surface area contributed by atoms with Crippen molar-refractivity contribution in [1.82, 2.24) is 19.7 Å². The van der Waals surface area contributed by atoms with Gasteiger partial charge >= 0.3 is 0 Å². The molecule has 1 fully saturated rings. The Labute approximate surface area is 147 Å². The van der Waals surface area contributed by atoms with Crippen LogP contribution in [0, 0.1) is 0 Å². The Morgan fingerprint density at radius 1 is 1.46 bits per heavy atom. The molecule has 1 aromatic heterocycles. The summed E-state index contributed by atoms with van der Waals surface area (Å²) in [6, 6.07) is 8.77. The first kappa shape index (κ1) is 17.0. The van der Waals surface area contributed by atoms with E-state index < -0.39 is 0 Å². The zero-order chi connectivity index (χ0) is 17.1. The highest BCUT2D eigenvalue weighted by Crippen LogP contribution is 2.33. The lowest BCUT2D eigenvalue weighted by molar-refractivity contribution is -0.132. The molecule has 5 nitrogen and oxygen atoms in total. The van der Waals surface area contributed by atoms with Crippen LogP contribution in [0.4, 0.5) is 0 Å². The number of rotatable bonds is 6. The maximum Gasteiger partial charge on any atom is 0.226 e. The van der Waals surface area contributed by atoms with Crippen molar-refractivity contribution in [3.8, 4) is 0 Å². The molecule has 0 spiro atoms. The largest absolute Gasteiger partial charge is 0.342 e. The highest BCUT2D eigenvalue weighted by Gasteiger charge is 2.25. The van der Waals surface area contributed by atoms with Gasteiger partial charge in [-0.2, -0.15) is 0 Å². The predicted molar refractivity (Wildman–Crippen MR) is 95.8 cm³/mol. The van der Waals surface area contributed by atoms with Crippen molar-refractivity contribution in [2.45, 2.75) is 49.1 Å². The SMILES string of the molecule is C[C@H](Sc1nncn1C)c1cccc(CC(=O)N(C)C2CCC2)c1. The van der Waals surface area contributed by atoms with Crippen LogP contribution in [-0.2, 0) is 18.3 Å². The molecule has 0 unspecified atom stereocenters. The van der Waals surface area contributed by atoms with E-state index in [4.69, 9.17) is 0 Å². The molecule has 0 saturated heterocycles. The topological polar surface area (TPSA) is 51.0 Å². The van der Waals surface area contributed by atoms with Crippen molar-refractivity contribution in [3.63, 3.8) is 0 Å². The molecule has 1 heterocycles. The molecule has 1 atom stereocenters. The van der Waals surface area contributed by atoms with Crippen LogP contribution in [0.15, 0.2) is 35.7 Å². The van der Waals surface area contributed by atoms with E-state index in [2.05, 4.69) is 29.3 Å². The molecule has 0 radical (unpaired) electrons. The fourth-order valence-corrected chi connectivity index (χ4v) is 3.74. The minimum Gasteiger partial charge on any atom is -0.342 e. The molecule has 1 amide bonds. The van der Waals surface area contributed by atoms with Crippen molar-refractivity contribution < 1.29 is 4.79 Å². The number of carbonyl (C=O) groups is 1. The summed E-state index contributed by atoms with van der Waals surface area (Å²) in [5.74, 6) is 0.213. The number of hydrogen-bond donors (Lipinski definition) is 0. The number of aryl methyl sites for hydroxylation is 1. The van der Waals surface area contributed by atoms with Gasteiger partial charge in [0.25, 0.3) is 0 Å².